The van der Waals surface area contributed by atoms with Crippen molar-refractivity contribution in [2.24, 2.45) is 17.3 Å². The van der Waals surface area contributed by atoms with Gasteiger partial charge >= 0.3 is 0 Å². The number of Topliss-reactive ketones (excluding diaryl/α,β-unsaturated/α-hetero) is 1. The molecule has 3 aliphatic rings. The minimum absolute atomic E-state index is 0.241. The Bertz CT molecular complexity index is 217. The van der Waals surface area contributed by atoms with Crippen LogP contribution < -0.4 is 0 Å². The van der Waals surface area contributed by atoms with Crippen molar-refractivity contribution in [1.82, 2.24) is 0 Å². The molecule has 3 rings (SSSR count). The Morgan fingerprint density at radius 1 is 1.27 bits per heavy atom. The Morgan fingerprint density at radius 2 is 2.18 bits per heavy atom. The van der Waals surface area contributed by atoms with Gasteiger partial charge in [-0.05, 0) is 37.5 Å². The Kier molecular flexibility index (Phi) is 0.961. The van der Waals surface area contributed by atoms with E-state index < -0.39 is 0 Å². The maximum atomic E-state index is 11.6. The van der Waals surface area contributed by atoms with Crippen LogP contribution in [0.5, 0.6) is 0 Å². The van der Waals surface area contributed by atoms with Gasteiger partial charge in [-0.15, -0.1) is 0 Å². The number of carbonyl (C=O) groups is 1. The van der Waals surface area contributed by atoms with E-state index in [4.69, 9.17) is 0 Å². The molecule has 1 nitrogen and oxygen atoms in total. The summed E-state index contributed by atoms with van der Waals surface area (Å²) in [6.07, 6.45) is 7.44. The molecule has 0 saturated heterocycles. The standard InChI is InChI=1S/C10H14O/c11-9-6-7-3-5-10(9)4-1-2-8(7)10/h7-8H,1-6H2/t7-,8+,10+/m0/s1. The first-order valence-corrected chi connectivity index (χ1v) is 4.86. The van der Waals surface area contributed by atoms with Crippen molar-refractivity contribution in [1.29, 1.82) is 0 Å². The molecule has 0 heterocycles. The number of hydrogen-bond acceptors (Lipinski definition) is 1. The lowest BCUT2D eigenvalue weighted by molar-refractivity contribution is -0.127. The Hall–Kier alpha value is -0.330. The van der Waals surface area contributed by atoms with Gasteiger partial charge in [0.2, 0.25) is 0 Å². The molecule has 60 valence electrons. The SMILES string of the molecule is O=C1C[C@@H]2CC[C@@]13CCC[C@H]23. The Morgan fingerprint density at radius 3 is 2.91 bits per heavy atom. The molecule has 0 aromatic heterocycles. The van der Waals surface area contributed by atoms with E-state index >= 15 is 0 Å². The Balaban J connectivity index is 2.09. The Labute approximate surface area is 67.2 Å². The smallest absolute Gasteiger partial charge is 0.139 e. The van der Waals surface area contributed by atoms with Crippen molar-refractivity contribution >= 4 is 5.78 Å². The van der Waals surface area contributed by atoms with Crippen LogP contribution in [0, 0.1) is 17.3 Å². The molecule has 11 heavy (non-hydrogen) atoms. The molecule has 1 heteroatoms. The highest BCUT2D eigenvalue weighted by molar-refractivity contribution is 5.89. The average Bonchev–Trinajstić information content (AvgIpc) is 2.54. The molecule has 0 aromatic carbocycles. The van der Waals surface area contributed by atoms with Crippen LogP contribution in [0.4, 0.5) is 0 Å². The first-order chi connectivity index (χ1) is 5.33. The molecule has 2 bridgehead atoms. The molecule has 3 fully saturated rings. The van der Waals surface area contributed by atoms with Gasteiger partial charge in [0.1, 0.15) is 5.78 Å². The highest BCUT2D eigenvalue weighted by Crippen LogP contribution is 2.63. The summed E-state index contributed by atoms with van der Waals surface area (Å²) in [5.41, 5.74) is 0.241. The van der Waals surface area contributed by atoms with Gasteiger partial charge < -0.3 is 0 Å². The largest absolute Gasteiger partial charge is 0.299 e. The predicted octanol–water partition coefficient (Wildman–Crippen LogP) is 2.16. The molecular weight excluding hydrogens is 136 g/mol. The van der Waals surface area contributed by atoms with E-state index in [0.29, 0.717) is 5.78 Å². The minimum atomic E-state index is 0.241. The highest BCUT2D eigenvalue weighted by Gasteiger charge is 2.60. The van der Waals surface area contributed by atoms with Crippen LogP contribution in [0.3, 0.4) is 0 Å². The van der Waals surface area contributed by atoms with Crippen molar-refractivity contribution in [3.63, 3.8) is 0 Å². The summed E-state index contributed by atoms with van der Waals surface area (Å²) >= 11 is 0. The third kappa shape index (κ3) is 0.533. The molecule has 0 amide bonds. The fourth-order valence-electron chi connectivity index (χ4n) is 3.91. The second-order valence-corrected chi connectivity index (χ2v) is 4.58. The van der Waals surface area contributed by atoms with Crippen molar-refractivity contribution in [2.45, 2.75) is 38.5 Å². The monoisotopic (exact) mass is 150 g/mol. The fraction of sp³-hybridized carbons (Fsp3) is 0.900. The summed E-state index contributed by atoms with van der Waals surface area (Å²) in [6.45, 7) is 0. The molecule has 0 radical (unpaired) electrons. The molecule has 0 N–H and O–H groups in total. The molecular formula is C10H14O. The third-order valence-corrected chi connectivity index (χ3v) is 4.38. The van der Waals surface area contributed by atoms with Gasteiger partial charge in [-0.25, -0.2) is 0 Å². The van der Waals surface area contributed by atoms with Crippen LogP contribution in [0.2, 0.25) is 0 Å². The van der Waals surface area contributed by atoms with Gasteiger partial charge in [0.05, 0.1) is 0 Å². The lowest BCUT2D eigenvalue weighted by Gasteiger charge is -2.22. The van der Waals surface area contributed by atoms with Gasteiger partial charge in [-0.3, -0.25) is 4.79 Å². The van der Waals surface area contributed by atoms with Crippen LogP contribution >= 0.6 is 0 Å². The quantitative estimate of drug-likeness (QED) is 0.517. The van der Waals surface area contributed by atoms with E-state index in [2.05, 4.69) is 0 Å². The van der Waals surface area contributed by atoms with Gasteiger partial charge in [0.15, 0.2) is 0 Å². The molecule has 0 spiro atoms. The van der Waals surface area contributed by atoms with Crippen molar-refractivity contribution < 1.29 is 4.79 Å². The summed E-state index contributed by atoms with van der Waals surface area (Å²) in [5, 5.41) is 0. The van der Waals surface area contributed by atoms with E-state index in [1.165, 1.54) is 32.1 Å². The van der Waals surface area contributed by atoms with E-state index in [1.54, 1.807) is 0 Å². The summed E-state index contributed by atoms with van der Waals surface area (Å²) in [5.74, 6) is 2.26. The summed E-state index contributed by atoms with van der Waals surface area (Å²) in [4.78, 5) is 11.6. The first-order valence-electron chi connectivity index (χ1n) is 4.86. The van der Waals surface area contributed by atoms with E-state index in [9.17, 15) is 4.79 Å². The van der Waals surface area contributed by atoms with Crippen LogP contribution in [-0.2, 0) is 4.79 Å². The van der Waals surface area contributed by atoms with Crippen molar-refractivity contribution in [3.8, 4) is 0 Å². The zero-order chi connectivity index (χ0) is 7.47. The molecule has 0 aliphatic heterocycles. The van der Waals surface area contributed by atoms with Crippen molar-refractivity contribution in [2.75, 3.05) is 0 Å². The summed E-state index contributed by atoms with van der Waals surface area (Å²) in [7, 11) is 0. The lowest BCUT2D eigenvalue weighted by Crippen LogP contribution is -2.25. The molecule has 0 aromatic rings. The van der Waals surface area contributed by atoms with Gasteiger partial charge in [-0.1, -0.05) is 6.42 Å². The van der Waals surface area contributed by atoms with E-state index in [0.717, 1.165) is 18.3 Å². The lowest BCUT2D eigenvalue weighted by atomic mass is 9.80. The second-order valence-electron chi connectivity index (χ2n) is 4.58. The third-order valence-electron chi connectivity index (χ3n) is 4.38. The second kappa shape index (κ2) is 1.70. The van der Waals surface area contributed by atoms with Gasteiger partial charge in [-0.2, -0.15) is 0 Å². The minimum Gasteiger partial charge on any atom is -0.299 e. The maximum absolute atomic E-state index is 11.6. The van der Waals surface area contributed by atoms with Crippen LogP contribution in [0.25, 0.3) is 0 Å². The predicted molar refractivity (Wildman–Crippen MR) is 42.1 cm³/mol. The maximum Gasteiger partial charge on any atom is 0.139 e. The van der Waals surface area contributed by atoms with E-state index in [-0.39, 0.29) is 5.41 Å². The first kappa shape index (κ1) is 6.22. The topological polar surface area (TPSA) is 17.1 Å². The van der Waals surface area contributed by atoms with E-state index in [1.807, 2.05) is 0 Å². The van der Waals surface area contributed by atoms with Gasteiger partial charge in [0.25, 0.3) is 0 Å². The number of rotatable bonds is 0. The molecule has 3 atom stereocenters. The van der Waals surface area contributed by atoms with Crippen LogP contribution in [0.15, 0.2) is 0 Å². The fourth-order valence-corrected chi connectivity index (χ4v) is 3.91. The highest BCUT2D eigenvalue weighted by atomic mass is 16.1. The zero-order valence-corrected chi connectivity index (χ0v) is 6.81. The number of hydrogen-bond donors (Lipinski definition) is 0. The molecule has 3 saturated carbocycles. The summed E-state index contributed by atoms with van der Waals surface area (Å²) < 4.78 is 0. The van der Waals surface area contributed by atoms with Crippen molar-refractivity contribution in [3.05, 3.63) is 0 Å². The molecule has 3 aliphatic carbocycles. The normalized spacial score (nSPS) is 53.6. The summed E-state index contributed by atoms with van der Waals surface area (Å²) in [6, 6.07) is 0. The molecule has 0 unspecified atom stereocenters. The number of ketones is 1. The number of carbonyl (C=O) groups excluding carboxylic acids is 1. The average molecular weight is 150 g/mol. The van der Waals surface area contributed by atoms with Crippen LogP contribution in [0.1, 0.15) is 38.5 Å². The van der Waals surface area contributed by atoms with Gasteiger partial charge in [0, 0.05) is 11.8 Å². The zero-order valence-electron chi connectivity index (χ0n) is 6.81. The van der Waals surface area contributed by atoms with Crippen LogP contribution in [-0.4, -0.2) is 5.78 Å².